The number of rotatable bonds is 3. The molecule has 21 heavy (non-hydrogen) atoms. The van der Waals surface area contributed by atoms with E-state index in [2.05, 4.69) is 12.1 Å². The number of methoxy groups -OCH3 is 2. The number of benzene rings is 1. The fraction of sp³-hybridized carbons (Fsp3) is 0.667. The number of hydrogen-bond acceptors (Lipinski definition) is 3. The highest BCUT2D eigenvalue weighted by molar-refractivity contribution is 5.46. The van der Waals surface area contributed by atoms with E-state index in [1.165, 1.54) is 31.2 Å². The Morgan fingerprint density at radius 3 is 2.62 bits per heavy atom. The minimum Gasteiger partial charge on any atom is -0.493 e. The van der Waals surface area contributed by atoms with Crippen LogP contribution in [-0.4, -0.2) is 14.2 Å². The van der Waals surface area contributed by atoms with Gasteiger partial charge in [-0.15, -0.1) is 0 Å². The zero-order valence-corrected chi connectivity index (χ0v) is 13.0. The van der Waals surface area contributed by atoms with Crippen molar-refractivity contribution < 1.29 is 9.47 Å². The molecule has 0 amide bonds. The van der Waals surface area contributed by atoms with Crippen molar-refractivity contribution in [3.63, 3.8) is 0 Å². The van der Waals surface area contributed by atoms with Crippen molar-refractivity contribution in [3.05, 3.63) is 23.8 Å². The molecule has 3 aliphatic rings. The average molecular weight is 287 g/mol. The van der Waals surface area contributed by atoms with E-state index in [-0.39, 0.29) is 5.54 Å². The maximum atomic E-state index is 6.94. The second-order valence-electron chi connectivity index (χ2n) is 7.18. The predicted molar refractivity (Wildman–Crippen MR) is 82.5 cm³/mol. The molecule has 0 radical (unpaired) electrons. The van der Waals surface area contributed by atoms with E-state index in [1.807, 2.05) is 6.07 Å². The van der Waals surface area contributed by atoms with Crippen LogP contribution in [0, 0.1) is 23.7 Å². The van der Waals surface area contributed by atoms with Gasteiger partial charge >= 0.3 is 0 Å². The van der Waals surface area contributed by atoms with Gasteiger partial charge in [-0.25, -0.2) is 0 Å². The van der Waals surface area contributed by atoms with Crippen LogP contribution in [0.4, 0.5) is 0 Å². The van der Waals surface area contributed by atoms with Crippen LogP contribution in [0.25, 0.3) is 0 Å². The third-order valence-corrected chi connectivity index (χ3v) is 6.49. The molecule has 2 bridgehead atoms. The zero-order chi connectivity index (χ0) is 14.6. The van der Waals surface area contributed by atoms with Crippen LogP contribution in [0.5, 0.6) is 11.5 Å². The molecule has 0 heterocycles. The Kier molecular flexibility index (Phi) is 2.97. The molecule has 3 fully saturated rings. The summed E-state index contributed by atoms with van der Waals surface area (Å²) in [5.74, 6) is 4.92. The lowest BCUT2D eigenvalue weighted by atomic mass is 9.68. The highest BCUT2D eigenvalue weighted by Crippen LogP contribution is 2.64. The Labute approximate surface area is 126 Å². The molecule has 5 unspecified atom stereocenters. The van der Waals surface area contributed by atoms with E-state index in [9.17, 15) is 0 Å². The largest absolute Gasteiger partial charge is 0.493 e. The average Bonchev–Trinajstić information content (AvgIpc) is 3.18. The first-order chi connectivity index (χ1) is 10.2. The summed E-state index contributed by atoms with van der Waals surface area (Å²) in [5.41, 5.74) is 8.02. The molecule has 1 aromatic carbocycles. The quantitative estimate of drug-likeness (QED) is 0.927. The molecule has 3 aliphatic carbocycles. The molecular weight excluding hydrogens is 262 g/mol. The van der Waals surface area contributed by atoms with Crippen LogP contribution >= 0.6 is 0 Å². The fourth-order valence-electron chi connectivity index (χ4n) is 5.65. The third-order valence-electron chi connectivity index (χ3n) is 6.49. The van der Waals surface area contributed by atoms with Crippen molar-refractivity contribution in [2.75, 3.05) is 14.2 Å². The van der Waals surface area contributed by atoms with E-state index >= 15 is 0 Å². The Morgan fingerprint density at radius 2 is 1.86 bits per heavy atom. The number of nitrogens with two attached hydrogens (primary N) is 1. The molecule has 0 saturated heterocycles. The minimum absolute atomic E-state index is 0.157. The maximum absolute atomic E-state index is 6.94. The summed E-state index contributed by atoms with van der Waals surface area (Å²) < 4.78 is 10.8. The van der Waals surface area contributed by atoms with Gasteiger partial charge in [-0.05, 0) is 67.1 Å². The zero-order valence-electron chi connectivity index (χ0n) is 13.0. The Balaban J connectivity index is 1.70. The molecule has 114 valence electrons. The van der Waals surface area contributed by atoms with Crippen LogP contribution in [-0.2, 0) is 5.54 Å². The van der Waals surface area contributed by atoms with E-state index in [4.69, 9.17) is 15.2 Å². The maximum Gasteiger partial charge on any atom is 0.161 e. The molecule has 3 heteroatoms. The van der Waals surface area contributed by atoms with Gasteiger partial charge in [-0.3, -0.25) is 0 Å². The highest BCUT2D eigenvalue weighted by atomic mass is 16.5. The Bertz CT molecular complexity index is 558. The highest BCUT2D eigenvalue weighted by Gasteiger charge is 2.59. The molecule has 0 spiro atoms. The molecule has 5 atom stereocenters. The second-order valence-corrected chi connectivity index (χ2v) is 7.18. The molecule has 3 saturated carbocycles. The van der Waals surface area contributed by atoms with Crippen molar-refractivity contribution in [3.8, 4) is 11.5 Å². The lowest BCUT2D eigenvalue weighted by Gasteiger charge is -2.40. The van der Waals surface area contributed by atoms with Crippen LogP contribution in [0.2, 0.25) is 0 Å². The molecule has 0 aliphatic heterocycles. The summed E-state index contributed by atoms with van der Waals surface area (Å²) >= 11 is 0. The summed E-state index contributed by atoms with van der Waals surface area (Å²) in [4.78, 5) is 0. The van der Waals surface area contributed by atoms with Crippen LogP contribution in [0.15, 0.2) is 18.2 Å². The topological polar surface area (TPSA) is 44.5 Å². The molecule has 2 N–H and O–H groups in total. The molecule has 4 rings (SSSR count). The van der Waals surface area contributed by atoms with Crippen molar-refractivity contribution in [2.45, 2.75) is 37.6 Å². The van der Waals surface area contributed by atoms with Gasteiger partial charge in [0.25, 0.3) is 0 Å². The predicted octanol–water partition coefficient (Wildman–Crippen LogP) is 3.31. The van der Waals surface area contributed by atoms with Crippen LogP contribution in [0.1, 0.15) is 37.7 Å². The second kappa shape index (κ2) is 4.64. The summed E-state index contributed by atoms with van der Waals surface area (Å²) in [7, 11) is 3.37. The summed E-state index contributed by atoms with van der Waals surface area (Å²) in [6.07, 6.45) is 6.71. The first-order valence-corrected chi connectivity index (χ1v) is 8.18. The lowest BCUT2D eigenvalue weighted by molar-refractivity contribution is 0.156. The summed E-state index contributed by atoms with van der Waals surface area (Å²) in [5, 5.41) is 0. The van der Waals surface area contributed by atoms with Gasteiger partial charge in [0, 0.05) is 5.54 Å². The van der Waals surface area contributed by atoms with Crippen molar-refractivity contribution in [1.82, 2.24) is 0 Å². The molecular formula is C18H25NO2. The molecule has 0 aromatic heterocycles. The van der Waals surface area contributed by atoms with Gasteiger partial charge in [-0.2, -0.15) is 0 Å². The smallest absolute Gasteiger partial charge is 0.161 e. The van der Waals surface area contributed by atoms with Gasteiger partial charge in [-0.1, -0.05) is 12.5 Å². The molecule has 3 nitrogen and oxygen atoms in total. The lowest BCUT2D eigenvalue weighted by Crippen LogP contribution is -2.46. The SMILES string of the molecule is COc1ccc(C2(N)CC3CC2C2CCCC32)cc1OC. The summed E-state index contributed by atoms with van der Waals surface area (Å²) in [6.45, 7) is 0. The number of fused-ring (bicyclic) bond motifs is 5. The van der Waals surface area contributed by atoms with Crippen LogP contribution in [0.3, 0.4) is 0 Å². The van der Waals surface area contributed by atoms with E-state index in [0.29, 0.717) is 5.92 Å². The monoisotopic (exact) mass is 287 g/mol. The third kappa shape index (κ3) is 1.76. The first-order valence-electron chi connectivity index (χ1n) is 8.18. The minimum atomic E-state index is -0.157. The van der Waals surface area contributed by atoms with Crippen molar-refractivity contribution in [2.24, 2.45) is 29.4 Å². The van der Waals surface area contributed by atoms with Crippen molar-refractivity contribution >= 4 is 0 Å². The van der Waals surface area contributed by atoms with Gasteiger partial charge in [0.05, 0.1) is 14.2 Å². The van der Waals surface area contributed by atoms with E-state index in [1.54, 1.807) is 14.2 Å². The standard InChI is InChI=1S/C18H25NO2/c1-20-16-7-6-12(9-17(16)21-2)18(19)10-11-8-15(18)14-5-3-4-13(11)14/h6-7,9,11,13-15H,3-5,8,10,19H2,1-2H3. The van der Waals surface area contributed by atoms with Crippen molar-refractivity contribution in [1.29, 1.82) is 0 Å². The fourth-order valence-corrected chi connectivity index (χ4v) is 5.65. The normalized spacial score (nSPS) is 40.3. The number of hydrogen-bond donors (Lipinski definition) is 1. The first kappa shape index (κ1) is 13.4. The summed E-state index contributed by atoms with van der Waals surface area (Å²) in [6, 6.07) is 6.25. The number of ether oxygens (including phenoxy) is 2. The van der Waals surface area contributed by atoms with Gasteiger partial charge < -0.3 is 15.2 Å². The van der Waals surface area contributed by atoms with E-state index in [0.717, 1.165) is 35.7 Å². The van der Waals surface area contributed by atoms with Gasteiger partial charge in [0.15, 0.2) is 11.5 Å². The van der Waals surface area contributed by atoms with Gasteiger partial charge in [0.1, 0.15) is 0 Å². The Hall–Kier alpha value is -1.22. The molecule has 1 aromatic rings. The van der Waals surface area contributed by atoms with Gasteiger partial charge in [0.2, 0.25) is 0 Å². The Morgan fingerprint density at radius 1 is 1.10 bits per heavy atom. The van der Waals surface area contributed by atoms with E-state index < -0.39 is 0 Å². The van der Waals surface area contributed by atoms with Crippen LogP contribution < -0.4 is 15.2 Å².